The van der Waals surface area contributed by atoms with Gasteiger partial charge in [0.15, 0.2) is 0 Å². The molecular weight excluding hydrogens is 244 g/mol. The number of aliphatic carboxylic acids is 1. The van der Waals surface area contributed by atoms with E-state index in [0.29, 0.717) is 5.56 Å². The molecule has 7 heteroatoms. The van der Waals surface area contributed by atoms with E-state index in [1.807, 2.05) is 0 Å². The van der Waals surface area contributed by atoms with E-state index in [-0.39, 0.29) is 22.6 Å². The van der Waals surface area contributed by atoms with Crippen LogP contribution in [0.5, 0.6) is 5.75 Å². The molecule has 6 nitrogen and oxygen atoms in total. The summed E-state index contributed by atoms with van der Waals surface area (Å²) in [6, 6.07) is 6.37. The van der Waals surface area contributed by atoms with Crippen molar-refractivity contribution >= 4 is 17.7 Å². The van der Waals surface area contributed by atoms with Gasteiger partial charge >= 0.3 is 5.97 Å². The summed E-state index contributed by atoms with van der Waals surface area (Å²) in [6.45, 7) is 0. The lowest BCUT2D eigenvalue weighted by Gasteiger charge is -1.95. The monoisotopic (exact) mass is 252 g/mol. The second-order valence-corrected chi connectivity index (χ2v) is 4.03. The van der Waals surface area contributed by atoms with Crippen molar-refractivity contribution in [3.63, 3.8) is 0 Å². The molecule has 1 aromatic carbocycles. The minimum Gasteiger partial charge on any atom is -0.508 e. The number of hydrogen-bond acceptors (Lipinski definition) is 6. The molecule has 0 radical (unpaired) electrons. The Labute approximate surface area is 100 Å². The van der Waals surface area contributed by atoms with Gasteiger partial charge in [0, 0.05) is 5.56 Å². The summed E-state index contributed by atoms with van der Waals surface area (Å²) in [5, 5.41) is 25.4. The third-order valence-electron chi connectivity index (χ3n) is 1.82. The molecule has 2 rings (SSSR count). The summed E-state index contributed by atoms with van der Waals surface area (Å²) in [7, 11) is 0. The molecule has 0 fully saturated rings. The van der Waals surface area contributed by atoms with Crippen LogP contribution in [0.3, 0.4) is 0 Å². The van der Waals surface area contributed by atoms with Crippen LogP contribution in [0.15, 0.2) is 33.9 Å². The van der Waals surface area contributed by atoms with Crippen molar-refractivity contribution < 1.29 is 19.4 Å². The highest BCUT2D eigenvalue weighted by Gasteiger charge is 2.10. The van der Waals surface area contributed by atoms with E-state index in [1.165, 1.54) is 12.1 Å². The number of nitrogens with zero attached hydrogens (tertiary/aromatic N) is 2. The van der Waals surface area contributed by atoms with Gasteiger partial charge in [-0.25, -0.2) is 0 Å². The first-order valence-electron chi connectivity index (χ1n) is 4.62. The Bertz CT molecular complexity index is 541. The predicted octanol–water partition coefficient (Wildman–Crippen LogP) is 1.62. The topological polar surface area (TPSA) is 96.5 Å². The van der Waals surface area contributed by atoms with E-state index >= 15 is 0 Å². The number of phenols is 1. The van der Waals surface area contributed by atoms with Crippen LogP contribution in [-0.4, -0.2) is 32.1 Å². The number of rotatable bonds is 4. The van der Waals surface area contributed by atoms with Crippen LogP contribution in [0.4, 0.5) is 0 Å². The number of aromatic hydroxyl groups is 1. The maximum atomic E-state index is 10.4. The van der Waals surface area contributed by atoms with Crippen molar-refractivity contribution in [3.05, 3.63) is 24.3 Å². The van der Waals surface area contributed by atoms with Gasteiger partial charge < -0.3 is 14.6 Å². The summed E-state index contributed by atoms with van der Waals surface area (Å²) in [4.78, 5) is 10.4. The van der Waals surface area contributed by atoms with Gasteiger partial charge in [-0.15, -0.1) is 10.2 Å². The maximum Gasteiger partial charge on any atom is 0.314 e. The number of thioether (sulfide) groups is 1. The average molecular weight is 252 g/mol. The zero-order valence-corrected chi connectivity index (χ0v) is 9.35. The lowest BCUT2D eigenvalue weighted by molar-refractivity contribution is -0.133. The van der Waals surface area contributed by atoms with Crippen LogP contribution in [0.2, 0.25) is 0 Å². The number of hydrogen-bond donors (Lipinski definition) is 2. The van der Waals surface area contributed by atoms with Crippen molar-refractivity contribution in [2.75, 3.05) is 5.75 Å². The van der Waals surface area contributed by atoms with Gasteiger partial charge in [0.05, 0.1) is 0 Å². The summed E-state index contributed by atoms with van der Waals surface area (Å²) < 4.78 is 5.24. The highest BCUT2D eigenvalue weighted by Crippen LogP contribution is 2.25. The summed E-state index contributed by atoms with van der Waals surface area (Å²) in [5.74, 6) is -0.747. The molecule has 0 amide bonds. The van der Waals surface area contributed by atoms with E-state index < -0.39 is 5.97 Å². The number of benzene rings is 1. The Kier molecular flexibility index (Phi) is 3.29. The Morgan fingerprint density at radius 2 is 2.24 bits per heavy atom. The Morgan fingerprint density at radius 3 is 2.94 bits per heavy atom. The second-order valence-electron chi connectivity index (χ2n) is 3.11. The van der Waals surface area contributed by atoms with Gasteiger partial charge in [0.25, 0.3) is 5.22 Å². The fourth-order valence-electron chi connectivity index (χ4n) is 1.15. The first-order chi connectivity index (χ1) is 8.15. The predicted molar refractivity (Wildman–Crippen MR) is 59.8 cm³/mol. The third kappa shape index (κ3) is 2.97. The van der Waals surface area contributed by atoms with Gasteiger partial charge in [-0.1, -0.05) is 17.8 Å². The molecule has 88 valence electrons. The summed E-state index contributed by atoms with van der Waals surface area (Å²) in [5.41, 5.74) is 0.583. The number of aromatic nitrogens is 2. The molecule has 1 aromatic heterocycles. The molecule has 0 saturated heterocycles. The number of carbonyl (C=O) groups is 1. The number of carboxylic acid groups (broad SMARTS) is 1. The zero-order valence-electron chi connectivity index (χ0n) is 8.53. The van der Waals surface area contributed by atoms with E-state index in [4.69, 9.17) is 9.52 Å². The molecule has 1 heterocycles. The number of carboxylic acids is 1. The van der Waals surface area contributed by atoms with Crippen molar-refractivity contribution in [2.45, 2.75) is 5.22 Å². The van der Waals surface area contributed by atoms with Gasteiger partial charge in [0.1, 0.15) is 11.5 Å². The van der Waals surface area contributed by atoms with Crippen molar-refractivity contribution in [1.29, 1.82) is 0 Å². The molecule has 0 aliphatic heterocycles. The van der Waals surface area contributed by atoms with Gasteiger partial charge in [-0.05, 0) is 18.2 Å². The van der Waals surface area contributed by atoms with E-state index in [1.54, 1.807) is 12.1 Å². The fourth-order valence-corrected chi connectivity index (χ4v) is 1.63. The van der Waals surface area contributed by atoms with Crippen LogP contribution in [0, 0.1) is 0 Å². The molecule has 0 bridgehead atoms. The first kappa shape index (κ1) is 11.5. The van der Waals surface area contributed by atoms with E-state index in [9.17, 15) is 9.90 Å². The van der Waals surface area contributed by atoms with Crippen LogP contribution >= 0.6 is 11.8 Å². The van der Waals surface area contributed by atoms with Gasteiger partial charge in [0.2, 0.25) is 5.89 Å². The summed E-state index contributed by atoms with van der Waals surface area (Å²) >= 11 is 0.946. The van der Waals surface area contributed by atoms with Crippen molar-refractivity contribution in [1.82, 2.24) is 10.2 Å². The molecule has 0 spiro atoms. The Morgan fingerprint density at radius 1 is 1.41 bits per heavy atom. The third-order valence-corrected chi connectivity index (χ3v) is 2.62. The highest BCUT2D eigenvalue weighted by molar-refractivity contribution is 7.99. The minimum atomic E-state index is -0.952. The van der Waals surface area contributed by atoms with Crippen molar-refractivity contribution in [2.24, 2.45) is 0 Å². The van der Waals surface area contributed by atoms with Gasteiger partial charge in [-0.2, -0.15) is 0 Å². The molecule has 0 aliphatic rings. The quantitative estimate of drug-likeness (QED) is 0.798. The van der Waals surface area contributed by atoms with Crippen LogP contribution in [0.1, 0.15) is 0 Å². The van der Waals surface area contributed by atoms with Crippen LogP contribution in [-0.2, 0) is 4.79 Å². The molecule has 0 saturated carbocycles. The van der Waals surface area contributed by atoms with Crippen molar-refractivity contribution in [3.8, 4) is 17.2 Å². The van der Waals surface area contributed by atoms with Gasteiger partial charge in [-0.3, -0.25) is 4.79 Å². The molecule has 2 N–H and O–H groups in total. The first-order valence-corrected chi connectivity index (χ1v) is 5.61. The molecule has 17 heavy (non-hydrogen) atoms. The fraction of sp³-hybridized carbons (Fsp3) is 0.100. The van der Waals surface area contributed by atoms with E-state index in [2.05, 4.69) is 10.2 Å². The molecule has 0 aliphatic carbocycles. The Hall–Kier alpha value is -2.02. The molecule has 0 atom stereocenters. The maximum absolute atomic E-state index is 10.4. The highest BCUT2D eigenvalue weighted by atomic mass is 32.2. The van der Waals surface area contributed by atoms with E-state index in [0.717, 1.165) is 11.8 Å². The van der Waals surface area contributed by atoms with Crippen LogP contribution in [0.25, 0.3) is 11.5 Å². The summed E-state index contributed by atoms with van der Waals surface area (Å²) in [6.07, 6.45) is 0. The largest absolute Gasteiger partial charge is 0.508 e. The zero-order chi connectivity index (χ0) is 12.3. The average Bonchev–Trinajstić information content (AvgIpc) is 2.75. The normalized spacial score (nSPS) is 10.4. The molecular formula is C10H8N2O4S. The smallest absolute Gasteiger partial charge is 0.314 e. The SMILES string of the molecule is O=C(O)CSc1nnc(-c2cccc(O)c2)o1. The lowest BCUT2D eigenvalue weighted by Crippen LogP contribution is -1.97. The Balaban J connectivity index is 2.15. The second kappa shape index (κ2) is 4.88. The van der Waals surface area contributed by atoms with Crippen LogP contribution < -0.4 is 0 Å². The minimum absolute atomic E-state index is 0.0976. The molecule has 2 aromatic rings. The lowest BCUT2D eigenvalue weighted by atomic mass is 10.2. The standard InChI is InChI=1S/C10H8N2O4S/c13-7-3-1-2-6(4-7)9-11-12-10(16-9)17-5-8(14)15/h1-4,13H,5H2,(H,14,15). The molecule has 0 unspecified atom stereocenters. The number of phenolic OH excluding ortho intramolecular Hbond substituents is 1.